The molecule has 2 heterocycles. The molecule has 1 aromatic carbocycles. The molecule has 0 bridgehead atoms. The maximum Gasteiger partial charge on any atom is 0.282 e. The van der Waals surface area contributed by atoms with Crippen LogP contribution in [0, 0.1) is 13.8 Å². The molecule has 0 saturated carbocycles. The highest BCUT2D eigenvalue weighted by Crippen LogP contribution is 2.25. The summed E-state index contributed by atoms with van der Waals surface area (Å²) in [7, 11) is 1.61. The maximum atomic E-state index is 12.5. The molecule has 2 aromatic heterocycles. The summed E-state index contributed by atoms with van der Waals surface area (Å²) in [4.78, 5) is 18.7. The molecule has 0 aliphatic carbocycles. The Hall–Kier alpha value is -2.47. The van der Waals surface area contributed by atoms with E-state index in [0.29, 0.717) is 5.39 Å². The van der Waals surface area contributed by atoms with E-state index >= 15 is 0 Å². The van der Waals surface area contributed by atoms with E-state index in [1.807, 2.05) is 38.1 Å². The van der Waals surface area contributed by atoms with Gasteiger partial charge in [-0.05, 0) is 37.1 Å². The highest BCUT2D eigenvalue weighted by molar-refractivity contribution is 7.18. The van der Waals surface area contributed by atoms with Gasteiger partial charge in [0.2, 0.25) is 0 Å². The third kappa shape index (κ3) is 2.53. The number of nitrogens with zero attached hydrogens (tertiary/aromatic N) is 3. The van der Waals surface area contributed by atoms with Gasteiger partial charge in [0.15, 0.2) is 0 Å². The molecule has 3 aromatic rings. The van der Waals surface area contributed by atoms with E-state index in [-0.39, 0.29) is 5.56 Å². The molecule has 0 N–H and O–H groups in total. The van der Waals surface area contributed by atoms with E-state index in [1.54, 1.807) is 13.3 Å². The molecule has 0 amide bonds. The Morgan fingerprint density at radius 1 is 1.36 bits per heavy atom. The minimum atomic E-state index is -0.147. The average Bonchev–Trinajstić information content (AvgIpc) is 2.82. The average molecular weight is 313 g/mol. The molecule has 0 aliphatic heterocycles. The summed E-state index contributed by atoms with van der Waals surface area (Å²) in [6.07, 6.45) is 3.07. The molecular formula is C16H15N3O2S. The first-order valence-corrected chi connectivity index (χ1v) is 7.57. The quantitative estimate of drug-likeness (QED) is 0.699. The van der Waals surface area contributed by atoms with Crippen molar-refractivity contribution in [3.63, 3.8) is 0 Å². The lowest BCUT2D eigenvalue weighted by atomic mass is 10.2. The largest absolute Gasteiger partial charge is 0.497 e. The Morgan fingerprint density at radius 3 is 2.95 bits per heavy atom. The second kappa shape index (κ2) is 5.73. The minimum Gasteiger partial charge on any atom is -0.497 e. The van der Waals surface area contributed by atoms with Gasteiger partial charge in [-0.15, -0.1) is 11.3 Å². The number of hydrogen-bond donors (Lipinski definition) is 0. The van der Waals surface area contributed by atoms with Crippen molar-refractivity contribution in [1.82, 2.24) is 9.66 Å². The fourth-order valence-corrected chi connectivity index (χ4v) is 3.15. The summed E-state index contributed by atoms with van der Waals surface area (Å²) in [6.45, 7) is 3.93. The Labute approximate surface area is 131 Å². The number of ether oxygens (including phenoxy) is 1. The van der Waals surface area contributed by atoms with Crippen molar-refractivity contribution >= 4 is 27.8 Å². The summed E-state index contributed by atoms with van der Waals surface area (Å²) in [5.41, 5.74) is 1.68. The van der Waals surface area contributed by atoms with Gasteiger partial charge >= 0.3 is 0 Å². The van der Waals surface area contributed by atoms with Crippen molar-refractivity contribution in [1.29, 1.82) is 0 Å². The SMILES string of the molecule is COc1cccc(/C=N\n2cnc3sc(C)c(C)c3c2=O)c1. The summed E-state index contributed by atoms with van der Waals surface area (Å²) in [5, 5.41) is 4.86. The van der Waals surface area contributed by atoms with Gasteiger partial charge in [-0.25, -0.2) is 4.98 Å². The Kier molecular flexibility index (Phi) is 3.77. The van der Waals surface area contributed by atoms with Gasteiger partial charge < -0.3 is 4.74 Å². The van der Waals surface area contributed by atoms with E-state index in [9.17, 15) is 4.79 Å². The molecule has 5 nitrogen and oxygen atoms in total. The molecule has 0 unspecified atom stereocenters. The van der Waals surface area contributed by atoms with E-state index in [0.717, 1.165) is 26.6 Å². The number of thiophene rings is 1. The minimum absolute atomic E-state index is 0.147. The predicted molar refractivity (Wildman–Crippen MR) is 89.3 cm³/mol. The Bertz CT molecular complexity index is 925. The molecule has 0 spiro atoms. The van der Waals surface area contributed by atoms with Crippen LogP contribution in [0.15, 0.2) is 40.5 Å². The van der Waals surface area contributed by atoms with Crippen molar-refractivity contribution in [2.45, 2.75) is 13.8 Å². The molecule has 0 saturated heterocycles. The van der Waals surface area contributed by atoms with Gasteiger partial charge in [-0.1, -0.05) is 12.1 Å². The summed E-state index contributed by atoms with van der Waals surface area (Å²) >= 11 is 1.53. The maximum absolute atomic E-state index is 12.5. The second-order valence-corrected chi connectivity index (χ2v) is 6.08. The monoisotopic (exact) mass is 313 g/mol. The van der Waals surface area contributed by atoms with Crippen LogP contribution in [0.25, 0.3) is 10.2 Å². The lowest BCUT2D eigenvalue weighted by Crippen LogP contribution is -2.16. The van der Waals surface area contributed by atoms with Gasteiger partial charge in [0.05, 0.1) is 18.7 Å². The highest BCUT2D eigenvalue weighted by atomic mass is 32.1. The van der Waals surface area contributed by atoms with Crippen LogP contribution in [0.3, 0.4) is 0 Å². The first-order valence-electron chi connectivity index (χ1n) is 6.76. The smallest absolute Gasteiger partial charge is 0.282 e. The number of aryl methyl sites for hydroxylation is 2. The van der Waals surface area contributed by atoms with Crippen molar-refractivity contribution in [3.8, 4) is 5.75 Å². The number of rotatable bonds is 3. The van der Waals surface area contributed by atoms with Crippen LogP contribution in [0.2, 0.25) is 0 Å². The van der Waals surface area contributed by atoms with Gasteiger partial charge in [-0.2, -0.15) is 9.78 Å². The number of methoxy groups -OCH3 is 1. The van der Waals surface area contributed by atoms with Crippen LogP contribution in [-0.4, -0.2) is 23.0 Å². The molecule has 0 fully saturated rings. The molecule has 112 valence electrons. The third-order valence-electron chi connectivity index (χ3n) is 3.50. The molecule has 0 radical (unpaired) electrons. The van der Waals surface area contributed by atoms with Crippen molar-refractivity contribution in [2.24, 2.45) is 5.10 Å². The summed E-state index contributed by atoms with van der Waals surface area (Å²) in [5.74, 6) is 0.745. The number of fused-ring (bicyclic) bond motifs is 1. The van der Waals surface area contributed by atoms with Crippen molar-refractivity contribution in [2.75, 3.05) is 7.11 Å². The zero-order chi connectivity index (χ0) is 15.7. The lowest BCUT2D eigenvalue weighted by molar-refractivity contribution is 0.415. The number of hydrogen-bond acceptors (Lipinski definition) is 5. The van der Waals surface area contributed by atoms with Crippen LogP contribution < -0.4 is 10.3 Å². The Morgan fingerprint density at radius 2 is 2.18 bits per heavy atom. The lowest BCUT2D eigenvalue weighted by Gasteiger charge is -2.01. The first-order chi connectivity index (χ1) is 10.6. The molecular weight excluding hydrogens is 298 g/mol. The molecule has 0 atom stereocenters. The molecule has 22 heavy (non-hydrogen) atoms. The fraction of sp³-hybridized carbons (Fsp3) is 0.188. The first kappa shape index (κ1) is 14.5. The van der Waals surface area contributed by atoms with Crippen LogP contribution in [0.1, 0.15) is 16.0 Å². The Balaban J connectivity index is 2.03. The standard InChI is InChI=1S/C16H15N3O2S/c1-10-11(2)22-15-14(10)16(20)19(9-17-15)18-8-12-5-4-6-13(7-12)21-3/h4-9H,1-3H3/b18-8-. The van der Waals surface area contributed by atoms with Crippen molar-refractivity contribution in [3.05, 3.63) is 57.0 Å². The normalized spacial score (nSPS) is 11.4. The third-order valence-corrected chi connectivity index (χ3v) is 4.61. The molecule has 6 heteroatoms. The van der Waals surface area contributed by atoms with Crippen LogP contribution in [0.4, 0.5) is 0 Å². The van der Waals surface area contributed by atoms with Gasteiger partial charge in [0.25, 0.3) is 5.56 Å². The zero-order valence-corrected chi connectivity index (χ0v) is 13.3. The van der Waals surface area contributed by atoms with E-state index < -0.39 is 0 Å². The van der Waals surface area contributed by atoms with Gasteiger partial charge in [0.1, 0.15) is 16.9 Å². The summed E-state index contributed by atoms with van der Waals surface area (Å²) < 4.78 is 6.43. The molecule has 3 rings (SSSR count). The van der Waals surface area contributed by atoms with Gasteiger partial charge in [-0.3, -0.25) is 4.79 Å². The highest BCUT2D eigenvalue weighted by Gasteiger charge is 2.11. The predicted octanol–water partition coefficient (Wildman–Crippen LogP) is 2.97. The van der Waals surface area contributed by atoms with E-state index in [4.69, 9.17) is 4.74 Å². The van der Waals surface area contributed by atoms with E-state index in [1.165, 1.54) is 22.3 Å². The van der Waals surface area contributed by atoms with E-state index in [2.05, 4.69) is 10.1 Å². The zero-order valence-electron chi connectivity index (χ0n) is 12.5. The molecule has 0 aliphatic rings. The number of benzene rings is 1. The number of aromatic nitrogens is 2. The summed E-state index contributed by atoms with van der Waals surface area (Å²) in [6, 6.07) is 7.47. The van der Waals surface area contributed by atoms with Crippen LogP contribution in [0.5, 0.6) is 5.75 Å². The van der Waals surface area contributed by atoms with Crippen LogP contribution in [-0.2, 0) is 0 Å². The second-order valence-electron chi connectivity index (χ2n) is 4.88. The fourth-order valence-electron chi connectivity index (χ4n) is 2.16. The van der Waals surface area contributed by atoms with Crippen LogP contribution >= 0.6 is 11.3 Å². The van der Waals surface area contributed by atoms with Gasteiger partial charge in [0, 0.05) is 4.88 Å². The van der Waals surface area contributed by atoms with Crippen molar-refractivity contribution < 1.29 is 4.74 Å². The topological polar surface area (TPSA) is 56.5 Å².